The van der Waals surface area contributed by atoms with Gasteiger partial charge in [0.25, 0.3) is 5.91 Å². The number of piperazine rings is 1. The van der Waals surface area contributed by atoms with Crippen LogP contribution in [-0.4, -0.2) is 58.0 Å². The fourth-order valence-electron chi connectivity index (χ4n) is 3.76. The van der Waals surface area contributed by atoms with Crippen LogP contribution in [0.5, 0.6) is 5.88 Å². The first-order valence-corrected chi connectivity index (χ1v) is 8.45. The van der Waals surface area contributed by atoms with Crippen molar-refractivity contribution in [2.24, 2.45) is 0 Å². The topological polar surface area (TPSA) is 71.5 Å². The minimum atomic E-state index is 0.0473. The van der Waals surface area contributed by atoms with Gasteiger partial charge in [-0.3, -0.25) is 4.79 Å². The molecule has 25 heavy (non-hydrogen) atoms. The molecule has 5 rings (SSSR count). The fourth-order valence-corrected chi connectivity index (χ4v) is 3.76. The molecule has 7 nitrogen and oxygen atoms in total. The molecule has 0 N–H and O–H groups in total. The van der Waals surface area contributed by atoms with Crippen molar-refractivity contribution in [3.63, 3.8) is 0 Å². The van der Waals surface area contributed by atoms with E-state index >= 15 is 0 Å². The maximum Gasteiger partial charge on any atom is 0.256 e. The van der Waals surface area contributed by atoms with Crippen LogP contribution in [0.25, 0.3) is 0 Å². The molecule has 2 aromatic heterocycles. The number of aryl methyl sites for hydroxylation is 2. The number of aromatic nitrogens is 3. The van der Waals surface area contributed by atoms with Crippen molar-refractivity contribution in [1.82, 2.24) is 19.9 Å². The van der Waals surface area contributed by atoms with Crippen molar-refractivity contribution in [3.05, 3.63) is 41.5 Å². The Morgan fingerprint density at radius 3 is 2.56 bits per heavy atom. The summed E-state index contributed by atoms with van der Waals surface area (Å²) in [5.41, 5.74) is 1.58. The molecule has 5 heterocycles. The number of ether oxygens (including phenoxy) is 1. The van der Waals surface area contributed by atoms with Crippen molar-refractivity contribution in [2.75, 3.05) is 25.1 Å². The van der Waals surface area contributed by atoms with Crippen molar-refractivity contribution in [3.8, 4) is 5.88 Å². The Morgan fingerprint density at radius 1 is 1.20 bits per heavy atom. The van der Waals surface area contributed by atoms with E-state index in [1.54, 1.807) is 25.4 Å². The molecule has 2 atom stereocenters. The smallest absolute Gasteiger partial charge is 0.256 e. The van der Waals surface area contributed by atoms with Crippen LogP contribution >= 0.6 is 0 Å². The van der Waals surface area contributed by atoms with Crippen LogP contribution in [0.2, 0.25) is 0 Å². The van der Waals surface area contributed by atoms with Crippen LogP contribution in [0.15, 0.2) is 24.4 Å². The zero-order valence-electron chi connectivity index (χ0n) is 14.6. The number of fused-ring (bicyclic) bond motifs is 2. The van der Waals surface area contributed by atoms with E-state index in [0.717, 1.165) is 36.8 Å². The molecule has 0 aliphatic carbocycles. The van der Waals surface area contributed by atoms with Gasteiger partial charge >= 0.3 is 0 Å². The van der Waals surface area contributed by atoms with E-state index in [4.69, 9.17) is 4.74 Å². The predicted octanol–water partition coefficient (Wildman–Crippen LogP) is 1.60. The van der Waals surface area contributed by atoms with Crippen LogP contribution in [0.3, 0.4) is 0 Å². The summed E-state index contributed by atoms with van der Waals surface area (Å²) in [7, 11) is 1.56. The molecular weight excluding hydrogens is 318 g/mol. The van der Waals surface area contributed by atoms with E-state index in [-0.39, 0.29) is 18.0 Å². The molecule has 0 spiro atoms. The Hall–Kier alpha value is -2.70. The lowest BCUT2D eigenvalue weighted by molar-refractivity contribution is 0.00571. The third-order valence-electron chi connectivity index (χ3n) is 4.90. The molecule has 3 saturated heterocycles. The fraction of sp³-hybridized carbons (Fsp3) is 0.444. The van der Waals surface area contributed by atoms with Crippen molar-refractivity contribution in [2.45, 2.75) is 32.4 Å². The average molecular weight is 339 g/mol. The van der Waals surface area contributed by atoms with Gasteiger partial charge in [-0.2, -0.15) is 0 Å². The minimum Gasteiger partial charge on any atom is -0.481 e. The van der Waals surface area contributed by atoms with Crippen molar-refractivity contribution in [1.29, 1.82) is 0 Å². The maximum absolute atomic E-state index is 12.8. The van der Waals surface area contributed by atoms with Gasteiger partial charge in [-0.05, 0) is 26.3 Å². The van der Waals surface area contributed by atoms with Crippen LogP contribution in [0.1, 0.15) is 28.3 Å². The summed E-state index contributed by atoms with van der Waals surface area (Å²) < 4.78 is 5.05. The van der Waals surface area contributed by atoms with E-state index in [0.29, 0.717) is 11.4 Å². The summed E-state index contributed by atoms with van der Waals surface area (Å²) in [5.74, 6) is 2.30. The van der Waals surface area contributed by atoms with Crippen LogP contribution in [0.4, 0.5) is 5.82 Å². The number of carbonyl (C=O) groups is 1. The van der Waals surface area contributed by atoms with Gasteiger partial charge in [-0.1, -0.05) is 0 Å². The number of hydrogen-bond acceptors (Lipinski definition) is 6. The van der Waals surface area contributed by atoms with E-state index in [1.807, 2.05) is 24.8 Å². The zero-order valence-corrected chi connectivity index (χ0v) is 14.6. The Bertz CT molecular complexity index is 775. The molecular formula is C18H21N5O2. The van der Waals surface area contributed by atoms with Gasteiger partial charge in [0.2, 0.25) is 5.88 Å². The number of hydrogen-bond donors (Lipinski definition) is 0. The number of rotatable bonds is 3. The molecule has 3 aliphatic rings. The Balaban J connectivity index is 1.48. The van der Waals surface area contributed by atoms with Gasteiger partial charge in [0.1, 0.15) is 11.6 Å². The Labute approximate surface area is 146 Å². The summed E-state index contributed by atoms with van der Waals surface area (Å²) in [5, 5.41) is 0. The molecule has 0 saturated carbocycles. The standard InChI is InChI=1S/C18H21N5O2/c1-11-6-16(21-12(2)20-11)22-9-14-7-15(10-22)23(14)18(24)13-4-5-17(25-3)19-8-13/h4-6,8,14-15H,7,9-10H2,1-3H3. The molecule has 2 bridgehead atoms. The second-order valence-corrected chi connectivity index (χ2v) is 6.66. The monoisotopic (exact) mass is 339 g/mol. The third-order valence-corrected chi connectivity index (χ3v) is 4.90. The number of pyridine rings is 1. The van der Waals surface area contributed by atoms with Crippen LogP contribution in [-0.2, 0) is 0 Å². The highest BCUT2D eigenvalue weighted by atomic mass is 16.5. The lowest BCUT2D eigenvalue weighted by atomic mass is 9.86. The van der Waals surface area contributed by atoms with Crippen LogP contribution < -0.4 is 9.64 Å². The number of nitrogens with zero attached hydrogens (tertiary/aromatic N) is 5. The molecule has 2 unspecified atom stereocenters. The van der Waals surface area contributed by atoms with Crippen molar-refractivity contribution < 1.29 is 9.53 Å². The van der Waals surface area contributed by atoms with E-state index in [9.17, 15) is 4.79 Å². The zero-order chi connectivity index (χ0) is 17.6. The summed E-state index contributed by atoms with van der Waals surface area (Å²) in [6, 6.07) is 5.96. The van der Waals surface area contributed by atoms with Gasteiger partial charge in [0.15, 0.2) is 0 Å². The molecule has 2 aromatic rings. The van der Waals surface area contributed by atoms with Crippen LogP contribution in [0, 0.1) is 13.8 Å². The number of carbonyl (C=O) groups excluding carboxylic acids is 1. The summed E-state index contributed by atoms with van der Waals surface area (Å²) in [4.78, 5) is 30.1. The Morgan fingerprint density at radius 2 is 1.96 bits per heavy atom. The molecule has 3 fully saturated rings. The number of piperidine rings is 1. The first-order chi connectivity index (χ1) is 12.0. The van der Waals surface area contributed by atoms with E-state index < -0.39 is 0 Å². The normalized spacial score (nSPS) is 21.7. The SMILES string of the molecule is COc1ccc(C(=O)N2C3CC2CN(c2cc(C)nc(C)n2)C3)cn1. The maximum atomic E-state index is 12.8. The third kappa shape index (κ3) is 2.79. The van der Waals surface area contributed by atoms with Gasteiger partial charge < -0.3 is 14.5 Å². The average Bonchev–Trinajstić information content (AvgIpc) is 2.61. The van der Waals surface area contributed by atoms with Gasteiger partial charge in [-0.15, -0.1) is 0 Å². The van der Waals surface area contributed by atoms with E-state index in [2.05, 4.69) is 19.9 Å². The second-order valence-electron chi connectivity index (χ2n) is 6.66. The highest BCUT2D eigenvalue weighted by Crippen LogP contribution is 2.35. The minimum absolute atomic E-state index is 0.0473. The van der Waals surface area contributed by atoms with Gasteiger partial charge in [0, 0.05) is 37.1 Å². The largest absolute Gasteiger partial charge is 0.481 e. The Kier molecular flexibility index (Phi) is 3.78. The summed E-state index contributed by atoms with van der Waals surface area (Å²) in [6.07, 6.45) is 2.64. The number of anilines is 1. The molecule has 3 aliphatic heterocycles. The van der Waals surface area contributed by atoms with Gasteiger partial charge in [-0.25, -0.2) is 15.0 Å². The number of amides is 1. The molecule has 130 valence electrons. The molecule has 7 heteroatoms. The predicted molar refractivity (Wildman–Crippen MR) is 92.9 cm³/mol. The summed E-state index contributed by atoms with van der Waals surface area (Å²) in [6.45, 7) is 5.51. The molecule has 1 amide bonds. The lowest BCUT2D eigenvalue weighted by Crippen LogP contribution is -2.70. The highest BCUT2D eigenvalue weighted by Gasteiger charge is 2.47. The van der Waals surface area contributed by atoms with E-state index in [1.165, 1.54) is 0 Å². The quantitative estimate of drug-likeness (QED) is 0.846. The highest BCUT2D eigenvalue weighted by molar-refractivity contribution is 5.95. The first kappa shape index (κ1) is 15.8. The van der Waals surface area contributed by atoms with Crippen molar-refractivity contribution >= 4 is 11.7 Å². The molecule has 0 aromatic carbocycles. The first-order valence-electron chi connectivity index (χ1n) is 8.45. The lowest BCUT2D eigenvalue weighted by Gasteiger charge is -2.56. The van der Waals surface area contributed by atoms with Gasteiger partial charge in [0.05, 0.1) is 24.8 Å². The number of methoxy groups -OCH3 is 1. The second kappa shape index (κ2) is 5.98. The summed E-state index contributed by atoms with van der Waals surface area (Å²) >= 11 is 0. The molecule has 0 radical (unpaired) electrons.